The number of piperidine rings is 1. The third kappa shape index (κ3) is 5.70. The molecule has 194 valence electrons. The van der Waals surface area contributed by atoms with E-state index in [-0.39, 0.29) is 12.0 Å². The summed E-state index contributed by atoms with van der Waals surface area (Å²) in [7, 11) is 0. The monoisotopic (exact) mass is 521 g/mol. The quantitative estimate of drug-likeness (QED) is 0.287. The van der Waals surface area contributed by atoms with Gasteiger partial charge in [-0.25, -0.2) is 4.98 Å². The van der Waals surface area contributed by atoms with Crippen LogP contribution in [0.2, 0.25) is 0 Å². The third-order valence-corrected chi connectivity index (χ3v) is 5.91. The highest BCUT2D eigenvalue weighted by molar-refractivity contribution is 5.66. The SMILES string of the molecule is FC(F)(F)c1cc(Nc2nc(Nc3ccn4ccnc4c3)cc(N3CCCCC3)n2)cc(C(F)(F)F)c1. The molecule has 13 heteroatoms. The zero-order chi connectivity index (χ0) is 26.2. The van der Waals surface area contributed by atoms with Gasteiger partial charge in [0.25, 0.3) is 0 Å². The number of rotatable bonds is 5. The van der Waals surface area contributed by atoms with Gasteiger partial charge in [0.15, 0.2) is 0 Å². The highest BCUT2D eigenvalue weighted by atomic mass is 19.4. The van der Waals surface area contributed by atoms with Crippen molar-refractivity contribution in [1.29, 1.82) is 0 Å². The fourth-order valence-electron chi connectivity index (χ4n) is 4.13. The molecule has 2 N–H and O–H groups in total. The molecular weight excluding hydrogens is 500 g/mol. The molecule has 4 aromatic rings. The van der Waals surface area contributed by atoms with Crippen LogP contribution in [0.25, 0.3) is 5.65 Å². The van der Waals surface area contributed by atoms with Crippen molar-refractivity contribution in [3.05, 3.63) is 66.1 Å². The third-order valence-electron chi connectivity index (χ3n) is 5.91. The maximum atomic E-state index is 13.3. The number of alkyl halides is 6. The van der Waals surface area contributed by atoms with Crippen LogP contribution in [0.15, 0.2) is 55.0 Å². The number of imidazole rings is 1. The van der Waals surface area contributed by atoms with Crippen molar-refractivity contribution >= 4 is 34.6 Å². The Labute approximate surface area is 207 Å². The lowest BCUT2D eigenvalue weighted by molar-refractivity contribution is -0.143. The second-order valence-electron chi connectivity index (χ2n) is 8.64. The van der Waals surface area contributed by atoms with Crippen LogP contribution in [0.4, 0.5) is 55.3 Å². The lowest BCUT2D eigenvalue weighted by Gasteiger charge is -2.28. The number of pyridine rings is 1. The van der Waals surface area contributed by atoms with Crippen LogP contribution in [-0.4, -0.2) is 32.4 Å². The van der Waals surface area contributed by atoms with Gasteiger partial charge in [-0.2, -0.15) is 36.3 Å². The predicted octanol–water partition coefficient (Wildman–Crippen LogP) is 6.64. The van der Waals surface area contributed by atoms with Gasteiger partial charge in [0, 0.05) is 55.2 Å². The van der Waals surface area contributed by atoms with E-state index in [0.717, 1.165) is 32.4 Å². The molecule has 1 aliphatic heterocycles. The Morgan fingerprint density at radius 1 is 0.730 bits per heavy atom. The van der Waals surface area contributed by atoms with Gasteiger partial charge in [0.1, 0.15) is 17.3 Å². The molecule has 1 fully saturated rings. The minimum absolute atomic E-state index is 0.0783. The minimum Gasteiger partial charge on any atom is -0.356 e. The molecule has 0 saturated carbocycles. The number of anilines is 5. The van der Waals surface area contributed by atoms with E-state index < -0.39 is 29.2 Å². The van der Waals surface area contributed by atoms with Crippen molar-refractivity contribution in [2.24, 2.45) is 0 Å². The Balaban J connectivity index is 1.52. The highest BCUT2D eigenvalue weighted by Crippen LogP contribution is 2.38. The summed E-state index contributed by atoms with van der Waals surface area (Å²) in [6, 6.07) is 6.54. The van der Waals surface area contributed by atoms with Gasteiger partial charge in [-0.05, 0) is 43.5 Å². The molecule has 1 aliphatic rings. The van der Waals surface area contributed by atoms with Crippen molar-refractivity contribution in [2.75, 3.05) is 28.6 Å². The van der Waals surface area contributed by atoms with E-state index >= 15 is 0 Å². The first-order chi connectivity index (χ1) is 17.5. The molecule has 0 bridgehead atoms. The van der Waals surface area contributed by atoms with Gasteiger partial charge in [-0.3, -0.25) is 0 Å². The number of hydrogen-bond acceptors (Lipinski definition) is 6. The van der Waals surface area contributed by atoms with Crippen molar-refractivity contribution in [2.45, 2.75) is 31.6 Å². The number of fused-ring (bicyclic) bond motifs is 1. The summed E-state index contributed by atoms with van der Waals surface area (Å²) in [4.78, 5) is 15.0. The molecule has 7 nitrogen and oxygen atoms in total. The van der Waals surface area contributed by atoms with E-state index in [9.17, 15) is 26.3 Å². The molecule has 0 unspecified atom stereocenters. The molecule has 0 amide bonds. The molecule has 4 heterocycles. The van der Waals surface area contributed by atoms with Gasteiger partial charge in [0.2, 0.25) is 5.95 Å². The van der Waals surface area contributed by atoms with Crippen LogP contribution in [0.5, 0.6) is 0 Å². The average Bonchev–Trinajstić information content (AvgIpc) is 3.31. The second-order valence-corrected chi connectivity index (χ2v) is 8.64. The van der Waals surface area contributed by atoms with E-state index in [1.807, 2.05) is 9.30 Å². The smallest absolute Gasteiger partial charge is 0.356 e. The molecule has 0 atom stereocenters. The second kappa shape index (κ2) is 9.45. The van der Waals surface area contributed by atoms with Gasteiger partial charge < -0.3 is 19.9 Å². The molecule has 5 rings (SSSR count). The fraction of sp³-hybridized carbons (Fsp3) is 0.292. The lowest BCUT2D eigenvalue weighted by Crippen LogP contribution is -2.30. The van der Waals surface area contributed by atoms with Crippen LogP contribution in [0.1, 0.15) is 30.4 Å². The summed E-state index contributed by atoms with van der Waals surface area (Å²) in [5, 5.41) is 5.69. The first-order valence-electron chi connectivity index (χ1n) is 11.4. The Morgan fingerprint density at radius 2 is 1.43 bits per heavy atom. The Kier molecular flexibility index (Phi) is 6.30. The number of nitrogens with one attached hydrogen (secondary N) is 2. The molecule has 1 aromatic carbocycles. The van der Waals surface area contributed by atoms with E-state index in [1.165, 1.54) is 0 Å². The Hall–Kier alpha value is -4.03. The number of halogens is 6. The normalized spacial score (nSPS) is 14.7. The number of aromatic nitrogens is 4. The van der Waals surface area contributed by atoms with E-state index in [4.69, 9.17) is 0 Å². The summed E-state index contributed by atoms with van der Waals surface area (Å²) >= 11 is 0. The first kappa shape index (κ1) is 24.7. The number of nitrogens with zero attached hydrogens (tertiary/aromatic N) is 5. The molecule has 0 radical (unpaired) electrons. The zero-order valence-electron chi connectivity index (χ0n) is 19.2. The molecular formula is C24H21F6N7. The number of benzene rings is 1. The summed E-state index contributed by atoms with van der Waals surface area (Å²) in [6.07, 6.45) is -1.78. The summed E-state index contributed by atoms with van der Waals surface area (Å²) in [5.41, 5.74) is -1.96. The van der Waals surface area contributed by atoms with Crippen molar-refractivity contribution in [3.8, 4) is 0 Å². The molecule has 0 spiro atoms. The van der Waals surface area contributed by atoms with Crippen LogP contribution < -0.4 is 15.5 Å². The molecule has 3 aromatic heterocycles. The van der Waals surface area contributed by atoms with E-state index in [1.54, 1.807) is 36.8 Å². The van der Waals surface area contributed by atoms with E-state index in [0.29, 0.717) is 35.1 Å². The maximum Gasteiger partial charge on any atom is 0.416 e. The van der Waals surface area contributed by atoms with Crippen LogP contribution in [-0.2, 0) is 12.4 Å². The molecule has 37 heavy (non-hydrogen) atoms. The maximum absolute atomic E-state index is 13.3. The first-order valence-corrected chi connectivity index (χ1v) is 11.4. The van der Waals surface area contributed by atoms with Crippen LogP contribution >= 0.6 is 0 Å². The standard InChI is InChI=1S/C24H21F6N7/c25-23(26,27)15-10-16(24(28,29)30)12-18(11-15)33-22-34-19(14-21(35-22)36-6-2-1-3-7-36)32-17-4-8-37-9-5-31-20(37)13-17/h4-5,8-14H,1-3,6-7H2,(H2,32,33,34,35). The lowest BCUT2D eigenvalue weighted by atomic mass is 10.1. The Bertz CT molecular complexity index is 1370. The summed E-state index contributed by atoms with van der Waals surface area (Å²) < 4.78 is 81.8. The zero-order valence-corrected chi connectivity index (χ0v) is 19.2. The van der Waals surface area contributed by atoms with Crippen molar-refractivity contribution in [3.63, 3.8) is 0 Å². The summed E-state index contributed by atoms with van der Waals surface area (Å²) in [5.74, 6) is 0.682. The van der Waals surface area contributed by atoms with Gasteiger partial charge in [0.05, 0.1) is 11.1 Å². The minimum atomic E-state index is -4.97. The van der Waals surface area contributed by atoms with Gasteiger partial charge in [-0.1, -0.05) is 0 Å². The molecule has 0 aliphatic carbocycles. The van der Waals surface area contributed by atoms with Crippen LogP contribution in [0.3, 0.4) is 0 Å². The number of hydrogen-bond donors (Lipinski definition) is 2. The van der Waals surface area contributed by atoms with Crippen molar-refractivity contribution < 1.29 is 26.3 Å². The van der Waals surface area contributed by atoms with Gasteiger partial charge in [-0.15, -0.1) is 0 Å². The predicted molar refractivity (Wildman–Crippen MR) is 126 cm³/mol. The Morgan fingerprint density at radius 3 is 2.11 bits per heavy atom. The fourth-order valence-corrected chi connectivity index (χ4v) is 4.13. The topological polar surface area (TPSA) is 70.4 Å². The van der Waals surface area contributed by atoms with Crippen molar-refractivity contribution in [1.82, 2.24) is 19.4 Å². The molecule has 1 saturated heterocycles. The van der Waals surface area contributed by atoms with Crippen LogP contribution in [0, 0.1) is 0 Å². The average molecular weight is 521 g/mol. The largest absolute Gasteiger partial charge is 0.416 e. The van der Waals surface area contributed by atoms with Gasteiger partial charge >= 0.3 is 12.4 Å². The summed E-state index contributed by atoms with van der Waals surface area (Å²) in [6.45, 7) is 1.44. The van der Waals surface area contributed by atoms with E-state index in [2.05, 4.69) is 25.6 Å². The highest BCUT2D eigenvalue weighted by Gasteiger charge is 2.37.